The van der Waals surface area contributed by atoms with Crippen LogP contribution in [0.15, 0.2) is 0 Å². The highest BCUT2D eigenvalue weighted by atomic mass is 28.4. The molecule has 25 heavy (non-hydrogen) atoms. The lowest BCUT2D eigenvalue weighted by Gasteiger charge is -2.42. The van der Waals surface area contributed by atoms with Gasteiger partial charge in [0, 0.05) is 12.0 Å². The van der Waals surface area contributed by atoms with E-state index in [1.54, 1.807) is 0 Å². The van der Waals surface area contributed by atoms with Gasteiger partial charge in [-0.1, -0.05) is 41.5 Å². The van der Waals surface area contributed by atoms with Crippen molar-refractivity contribution in [3.8, 4) is 0 Å². The molecule has 1 fully saturated rings. The Morgan fingerprint density at radius 2 is 1.56 bits per heavy atom. The average Bonchev–Trinajstić information content (AvgIpc) is 3.09. The maximum absolute atomic E-state index is 11.2. The highest BCUT2D eigenvalue weighted by Crippen LogP contribution is 2.43. The van der Waals surface area contributed by atoms with Crippen LogP contribution in [-0.4, -0.2) is 41.4 Å². The van der Waals surface area contributed by atoms with E-state index in [1.807, 2.05) is 0 Å². The molecule has 0 aromatic rings. The molecule has 1 saturated carbocycles. The van der Waals surface area contributed by atoms with Gasteiger partial charge < -0.3 is 19.9 Å². The third-order valence-electron chi connectivity index (χ3n) is 6.31. The van der Waals surface area contributed by atoms with Crippen LogP contribution in [-0.2, 0) is 8.85 Å². The largest absolute Gasteiger partial charge is 0.414 e. The first kappa shape index (κ1) is 22.7. The van der Waals surface area contributed by atoms with E-state index in [4.69, 9.17) is 14.6 Å². The van der Waals surface area contributed by atoms with E-state index in [1.165, 1.54) is 0 Å². The maximum Gasteiger partial charge on any atom is 0.312 e. The van der Waals surface area contributed by atoms with Gasteiger partial charge in [-0.3, -0.25) is 0 Å². The van der Waals surface area contributed by atoms with E-state index in [-0.39, 0.29) is 22.2 Å². The topological polar surface area (TPSA) is 73.6 Å². The first-order valence-corrected chi connectivity index (χ1v) is 15.2. The van der Waals surface area contributed by atoms with Crippen molar-refractivity contribution in [1.29, 1.82) is 0 Å². The predicted molar refractivity (Wildman–Crippen MR) is 110 cm³/mol. The lowest BCUT2D eigenvalue weighted by Crippen LogP contribution is -2.49. The van der Waals surface area contributed by atoms with Crippen molar-refractivity contribution < 1.29 is 13.6 Å². The number of urea groups is 1. The van der Waals surface area contributed by atoms with Crippen molar-refractivity contribution in [2.24, 2.45) is 11.7 Å². The van der Waals surface area contributed by atoms with Crippen LogP contribution in [0.1, 0.15) is 48.0 Å². The Hall–Kier alpha value is -0.376. The fourth-order valence-electron chi connectivity index (χ4n) is 2.28. The van der Waals surface area contributed by atoms with Crippen molar-refractivity contribution in [2.75, 3.05) is 6.61 Å². The van der Waals surface area contributed by atoms with Crippen LogP contribution >= 0.6 is 0 Å². The molecule has 3 N–H and O–H groups in total. The average molecular weight is 389 g/mol. The molecule has 0 aliphatic heterocycles. The minimum absolute atomic E-state index is 0.0202. The molecule has 0 aromatic heterocycles. The van der Waals surface area contributed by atoms with Gasteiger partial charge >= 0.3 is 6.03 Å². The number of amides is 2. The van der Waals surface area contributed by atoms with Crippen molar-refractivity contribution >= 4 is 22.7 Å². The summed E-state index contributed by atoms with van der Waals surface area (Å²) >= 11 is 0. The maximum atomic E-state index is 11.2. The molecule has 7 heteroatoms. The van der Waals surface area contributed by atoms with Crippen LogP contribution in [0.4, 0.5) is 4.79 Å². The van der Waals surface area contributed by atoms with Gasteiger partial charge in [-0.25, -0.2) is 4.79 Å². The van der Waals surface area contributed by atoms with Crippen molar-refractivity contribution in [3.05, 3.63) is 0 Å². The summed E-state index contributed by atoms with van der Waals surface area (Å²) in [6, 6.07) is -0.334. The molecule has 148 valence electrons. The Kier molecular flexibility index (Phi) is 6.64. The molecule has 0 bridgehead atoms. The summed E-state index contributed by atoms with van der Waals surface area (Å²) in [6.45, 7) is 23.2. The minimum atomic E-state index is -1.91. The number of hydrogen-bond donors (Lipinski definition) is 2. The fraction of sp³-hybridized carbons (Fsp3) is 0.944. The standard InChI is InChI=1S/C18H40N2O3Si2/c1-17(2,3)24(7,8)22-12-15(13-11-14(13)20-16(19)21)23-25(9,10)18(4,5)6/h13-15H,11-12H2,1-10H3,(H3,19,20,21). The van der Waals surface area contributed by atoms with Crippen LogP contribution < -0.4 is 11.1 Å². The van der Waals surface area contributed by atoms with Gasteiger partial charge in [0.15, 0.2) is 16.6 Å². The highest BCUT2D eigenvalue weighted by molar-refractivity contribution is 6.74. The molecule has 0 saturated heterocycles. The molecule has 1 aliphatic rings. The molecule has 3 atom stereocenters. The van der Waals surface area contributed by atoms with E-state index in [0.29, 0.717) is 12.5 Å². The zero-order valence-electron chi connectivity index (χ0n) is 17.9. The lowest BCUT2D eigenvalue weighted by atomic mass is 10.2. The normalized spacial score (nSPS) is 23.3. The van der Waals surface area contributed by atoms with Crippen LogP contribution in [0, 0.1) is 5.92 Å². The zero-order chi connectivity index (χ0) is 19.8. The van der Waals surface area contributed by atoms with Crippen LogP contribution in [0.25, 0.3) is 0 Å². The number of rotatable bonds is 7. The van der Waals surface area contributed by atoms with E-state index in [0.717, 1.165) is 6.42 Å². The minimum Gasteiger partial charge on any atom is -0.414 e. The summed E-state index contributed by atoms with van der Waals surface area (Å²) in [5, 5.41) is 3.14. The third kappa shape index (κ3) is 6.08. The smallest absolute Gasteiger partial charge is 0.312 e. The van der Waals surface area contributed by atoms with Gasteiger partial charge in [0.25, 0.3) is 0 Å². The van der Waals surface area contributed by atoms with Crippen LogP contribution in [0.2, 0.25) is 36.3 Å². The van der Waals surface area contributed by atoms with Gasteiger partial charge in [0.1, 0.15) is 0 Å². The number of carbonyl (C=O) groups excluding carboxylic acids is 1. The summed E-state index contributed by atoms with van der Waals surface area (Å²) in [5.74, 6) is 0.298. The van der Waals surface area contributed by atoms with Gasteiger partial charge in [0.2, 0.25) is 0 Å². The molecular formula is C18H40N2O3Si2. The number of hydrogen-bond acceptors (Lipinski definition) is 3. The Balaban J connectivity index is 2.85. The monoisotopic (exact) mass is 388 g/mol. The molecular weight excluding hydrogens is 348 g/mol. The molecule has 1 aliphatic carbocycles. The lowest BCUT2D eigenvalue weighted by molar-refractivity contribution is 0.0883. The number of nitrogens with two attached hydrogens (primary N) is 1. The summed E-state index contributed by atoms with van der Waals surface area (Å²) in [6.07, 6.45) is 0.940. The summed E-state index contributed by atoms with van der Waals surface area (Å²) in [5.41, 5.74) is 5.29. The third-order valence-corrected chi connectivity index (χ3v) is 15.3. The summed E-state index contributed by atoms with van der Waals surface area (Å²) < 4.78 is 13.2. The molecule has 5 nitrogen and oxygen atoms in total. The zero-order valence-corrected chi connectivity index (χ0v) is 19.9. The number of primary amides is 1. The first-order valence-electron chi connectivity index (χ1n) is 9.36. The molecule has 1 rings (SSSR count). The van der Waals surface area contributed by atoms with Crippen molar-refractivity contribution in [2.45, 2.75) is 96.4 Å². The van der Waals surface area contributed by atoms with Gasteiger partial charge in [-0.2, -0.15) is 0 Å². The van der Waals surface area contributed by atoms with E-state index in [9.17, 15) is 4.79 Å². The highest BCUT2D eigenvalue weighted by Gasteiger charge is 2.49. The Labute approximate surface area is 156 Å². The van der Waals surface area contributed by atoms with Gasteiger partial charge in [-0.15, -0.1) is 0 Å². The fourth-order valence-corrected chi connectivity index (χ4v) is 4.65. The molecule has 0 radical (unpaired) electrons. The second kappa shape index (κ2) is 7.33. The van der Waals surface area contributed by atoms with Crippen molar-refractivity contribution in [3.63, 3.8) is 0 Å². The number of nitrogens with one attached hydrogen (secondary N) is 1. The van der Waals surface area contributed by atoms with E-state index in [2.05, 4.69) is 73.0 Å². The summed E-state index contributed by atoms with van der Waals surface area (Å²) in [7, 11) is -3.75. The Morgan fingerprint density at radius 1 is 1.08 bits per heavy atom. The number of carbonyl (C=O) groups is 1. The first-order chi connectivity index (χ1) is 11.0. The molecule has 0 aromatic carbocycles. The van der Waals surface area contributed by atoms with E-state index >= 15 is 0 Å². The van der Waals surface area contributed by atoms with Gasteiger partial charge in [-0.05, 0) is 42.7 Å². The quantitative estimate of drug-likeness (QED) is 0.633. The molecule has 0 spiro atoms. The SMILES string of the molecule is CC(C)(C)[Si](C)(C)OCC(O[Si](C)(C)C(C)(C)C)C1CC1NC(N)=O. The Morgan fingerprint density at radius 3 is 1.96 bits per heavy atom. The molecule has 2 amide bonds. The van der Waals surface area contributed by atoms with Crippen LogP contribution in [0.5, 0.6) is 0 Å². The van der Waals surface area contributed by atoms with E-state index < -0.39 is 22.7 Å². The molecule has 3 unspecified atom stereocenters. The summed E-state index contributed by atoms with van der Waals surface area (Å²) in [4.78, 5) is 11.2. The van der Waals surface area contributed by atoms with Crippen molar-refractivity contribution in [1.82, 2.24) is 5.32 Å². The second-order valence-electron chi connectivity index (χ2n) is 10.5. The predicted octanol–water partition coefficient (Wildman–Crippen LogP) is 4.46. The Bertz CT molecular complexity index is 482. The molecule has 0 heterocycles. The van der Waals surface area contributed by atoms with Gasteiger partial charge in [0.05, 0.1) is 12.7 Å². The van der Waals surface area contributed by atoms with Crippen LogP contribution in [0.3, 0.4) is 0 Å². The second-order valence-corrected chi connectivity index (χ2v) is 20.1.